The molecule has 2 rings (SSSR count). The van der Waals surface area contributed by atoms with Gasteiger partial charge in [0.05, 0.1) is 11.1 Å². The first kappa shape index (κ1) is 12.3. The lowest BCUT2D eigenvalue weighted by molar-refractivity contribution is 0.0652. The van der Waals surface area contributed by atoms with Crippen LogP contribution in [0.5, 0.6) is 0 Å². The molecule has 18 heavy (non-hydrogen) atoms. The minimum Gasteiger partial charge on any atom is -0.274 e. The van der Waals surface area contributed by atoms with Crippen molar-refractivity contribution in [2.75, 3.05) is 6.54 Å². The highest BCUT2D eigenvalue weighted by atomic mass is 16.2. The summed E-state index contributed by atoms with van der Waals surface area (Å²) in [5, 5.41) is 0. The molecule has 1 heterocycles. The van der Waals surface area contributed by atoms with Crippen molar-refractivity contribution in [2.45, 2.75) is 19.3 Å². The van der Waals surface area contributed by atoms with Crippen LogP contribution in [-0.4, -0.2) is 23.3 Å². The highest BCUT2D eigenvalue weighted by molar-refractivity contribution is 6.21. The zero-order valence-corrected chi connectivity index (χ0v) is 10.2. The van der Waals surface area contributed by atoms with Gasteiger partial charge >= 0.3 is 0 Å². The molecule has 0 fully saturated rings. The van der Waals surface area contributed by atoms with Gasteiger partial charge in [-0.3, -0.25) is 14.5 Å². The number of benzene rings is 1. The second kappa shape index (κ2) is 5.48. The van der Waals surface area contributed by atoms with Crippen molar-refractivity contribution < 1.29 is 9.59 Å². The number of hydrogen-bond donors (Lipinski definition) is 0. The van der Waals surface area contributed by atoms with Gasteiger partial charge in [-0.2, -0.15) is 0 Å². The van der Waals surface area contributed by atoms with E-state index >= 15 is 0 Å². The highest BCUT2D eigenvalue weighted by Gasteiger charge is 2.34. The molecule has 1 aliphatic heterocycles. The largest absolute Gasteiger partial charge is 0.274 e. The average Bonchev–Trinajstić information content (AvgIpc) is 2.64. The van der Waals surface area contributed by atoms with Crippen LogP contribution >= 0.6 is 0 Å². The van der Waals surface area contributed by atoms with Gasteiger partial charge in [0.1, 0.15) is 0 Å². The normalized spacial score (nSPS) is 13.4. The van der Waals surface area contributed by atoms with Crippen molar-refractivity contribution in [1.82, 2.24) is 4.90 Å². The number of allylic oxidation sites excluding steroid dienone is 1. The van der Waals surface area contributed by atoms with E-state index in [1.165, 1.54) is 4.90 Å². The van der Waals surface area contributed by atoms with Gasteiger partial charge in [-0.05, 0) is 37.5 Å². The van der Waals surface area contributed by atoms with E-state index in [0.717, 1.165) is 19.3 Å². The van der Waals surface area contributed by atoms with Crippen molar-refractivity contribution in [2.24, 2.45) is 0 Å². The second-order valence-electron chi connectivity index (χ2n) is 4.21. The third-order valence-corrected chi connectivity index (χ3v) is 3.00. The summed E-state index contributed by atoms with van der Waals surface area (Å²) >= 11 is 0. The van der Waals surface area contributed by atoms with Crippen LogP contribution < -0.4 is 0 Å². The number of carbonyl (C=O) groups is 2. The van der Waals surface area contributed by atoms with Gasteiger partial charge in [-0.25, -0.2) is 0 Å². The zero-order chi connectivity index (χ0) is 13.0. The minimum absolute atomic E-state index is 0.171. The molecule has 0 saturated carbocycles. The number of unbranched alkanes of at least 4 members (excludes halogenated alkanes) is 2. The fraction of sp³-hybridized carbons (Fsp3) is 0.267. The maximum Gasteiger partial charge on any atom is 0.261 e. The molecule has 0 radical (unpaired) electrons. The van der Waals surface area contributed by atoms with Crippen LogP contribution in [-0.2, 0) is 0 Å². The standard InChI is InChI=1S/C15H15NO2/c1-2-3-4-5-8-11-16-14(17)12-9-6-7-10-13(12)15(16)18/h3,6-7,9-10H,1,4-5,8,11H2. The summed E-state index contributed by atoms with van der Waals surface area (Å²) in [4.78, 5) is 25.3. The molecule has 3 nitrogen and oxygen atoms in total. The Kier molecular flexibility index (Phi) is 3.75. The Balaban J connectivity index is 1.98. The van der Waals surface area contributed by atoms with Gasteiger partial charge in [0, 0.05) is 6.54 Å². The molecule has 3 heteroatoms. The molecule has 0 N–H and O–H groups in total. The van der Waals surface area contributed by atoms with E-state index in [9.17, 15) is 9.59 Å². The number of nitrogens with zero attached hydrogens (tertiary/aromatic N) is 1. The molecule has 92 valence electrons. The third-order valence-electron chi connectivity index (χ3n) is 3.00. The second-order valence-corrected chi connectivity index (χ2v) is 4.21. The van der Waals surface area contributed by atoms with Crippen LogP contribution in [0.15, 0.2) is 42.7 Å². The summed E-state index contributed by atoms with van der Waals surface area (Å²) < 4.78 is 0. The Labute approximate surface area is 106 Å². The van der Waals surface area contributed by atoms with Gasteiger partial charge in [-0.15, -0.1) is 5.73 Å². The molecule has 0 aromatic heterocycles. The summed E-state index contributed by atoms with van der Waals surface area (Å²) in [5.74, 6) is -0.343. The summed E-state index contributed by atoms with van der Waals surface area (Å²) in [6, 6.07) is 6.97. The number of carbonyl (C=O) groups excluding carboxylic acids is 2. The zero-order valence-electron chi connectivity index (χ0n) is 10.2. The fourth-order valence-corrected chi connectivity index (χ4v) is 2.06. The fourth-order valence-electron chi connectivity index (χ4n) is 2.06. The topological polar surface area (TPSA) is 37.4 Å². The van der Waals surface area contributed by atoms with E-state index in [1.54, 1.807) is 24.3 Å². The van der Waals surface area contributed by atoms with Crippen LogP contribution in [0.1, 0.15) is 40.0 Å². The van der Waals surface area contributed by atoms with Crippen LogP contribution in [0.2, 0.25) is 0 Å². The van der Waals surface area contributed by atoms with Crippen molar-refractivity contribution in [3.8, 4) is 0 Å². The molecular formula is C15H15NO2. The number of hydrogen-bond acceptors (Lipinski definition) is 2. The van der Waals surface area contributed by atoms with E-state index in [0.29, 0.717) is 17.7 Å². The van der Waals surface area contributed by atoms with Crippen LogP contribution in [0, 0.1) is 0 Å². The molecular weight excluding hydrogens is 226 g/mol. The quantitative estimate of drug-likeness (QED) is 0.451. The molecule has 2 amide bonds. The van der Waals surface area contributed by atoms with Crippen molar-refractivity contribution in [3.05, 3.63) is 53.8 Å². The van der Waals surface area contributed by atoms with Crippen LogP contribution in [0.4, 0.5) is 0 Å². The molecule has 0 spiro atoms. The smallest absolute Gasteiger partial charge is 0.261 e. The van der Waals surface area contributed by atoms with E-state index in [4.69, 9.17) is 0 Å². The molecule has 0 unspecified atom stereocenters. The highest BCUT2D eigenvalue weighted by Crippen LogP contribution is 2.22. The number of amides is 2. The van der Waals surface area contributed by atoms with E-state index in [1.807, 2.05) is 6.08 Å². The number of fused-ring (bicyclic) bond motifs is 1. The molecule has 0 saturated heterocycles. The number of rotatable bonds is 5. The van der Waals surface area contributed by atoms with Crippen molar-refractivity contribution in [3.63, 3.8) is 0 Å². The lowest BCUT2D eigenvalue weighted by atomic mass is 10.1. The summed E-state index contributed by atoms with van der Waals surface area (Å²) in [7, 11) is 0. The van der Waals surface area contributed by atoms with E-state index < -0.39 is 0 Å². The monoisotopic (exact) mass is 241 g/mol. The van der Waals surface area contributed by atoms with E-state index in [-0.39, 0.29) is 11.8 Å². The summed E-state index contributed by atoms with van der Waals surface area (Å²) in [5.41, 5.74) is 3.75. The predicted molar refractivity (Wildman–Crippen MR) is 69.4 cm³/mol. The summed E-state index contributed by atoms with van der Waals surface area (Å²) in [6.07, 6.45) is 4.48. The van der Waals surface area contributed by atoms with Crippen molar-refractivity contribution in [1.29, 1.82) is 0 Å². The average molecular weight is 241 g/mol. The third kappa shape index (κ3) is 2.27. The van der Waals surface area contributed by atoms with Gasteiger partial charge in [0.15, 0.2) is 0 Å². The lowest BCUT2D eigenvalue weighted by Gasteiger charge is -2.12. The molecule has 0 bridgehead atoms. The molecule has 1 aliphatic rings. The predicted octanol–water partition coefficient (Wildman–Crippen LogP) is 2.79. The Morgan fingerprint density at radius 2 is 1.72 bits per heavy atom. The minimum atomic E-state index is -0.171. The molecule has 1 aromatic carbocycles. The maximum atomic E-state index is 12.0. The van der Waals surface area contributed by atoms with Gasteiger partial charge in [-0.1, -0.05) is 18.7 Å². The Morgan fingerprint density at radius 1 is 1.11 bits per heavy atom. The summed E-state index contributed by atoms with van der Waals surface area (Å²) in [6.45, 7) is 3.97. The molecule has 0 aliphatic carbocycles. The molecule has 0 atom stereocenters. The van der Waals surface area contributed by atoms with Gasteiger partial charge < -0.3 is 0 Å². The Hall–Kier alpha value is -2.12. The maximum absolute atomic E-state index is 12.0. The van der Waals surface area contributed by atoms with Gasteiger partial charge in [0.25, 0.3) is 11.8 Å². The first-order valence-electron chi connectivity index (χ1n) is 6.05. The first-order chi connectivity index (χ1) is 8.75. The van der Waals surface area contributed by atoms with Gasteiger partial charge in [0.2, 0.25) is 0 Å². The first-order valence-corrected chi connectivity index (χ1v) is 6.05. The molecule has 1 aromatic rings. The van der Waals surface area contributed by atoms with Crippen molar-refractivity contribution >= 4 is 11.8 Å². The number of imide groups is 1. The Bertz CT molecular complexity index is 492. The SMILES string of the molecule is C=C=CCCCCN1C(=O)c2ccccc2C1=O. The van der Waals surface area contributed by atoms with E-state index in [2.05, 4.69) is 12.3 Å². The van der Waals surface area contributed by atoms with Crippen LogP contribution in [0.25, 0.3) is 0 Å². The Morgan fingerprint density at radius 3 is 2.28 bits per heavy atom. The van der Waals surface area contributed by atoms with Crippen LogP contribution in [0.3, 0.4) is 0 Å². The lowest BCUT2D eigenvalue weighted by Crippen LogP contribution is -2.30.